The van der Waals surface area contributed by atoms with Crippen LogP contribution in [0.15, 0.2) is 30.3 Å². The lowest BCUT2D eigenvalue weighted by molar-refractivity contribution is -0.142. The molecule has 1 saturated carbocycles. The highest BCUT2D eigenvalue weighted by Crippen LogP contribution is 2.46. The Balaban J connectivity index is 1.92. The zero-order valence-corrected chi connectivity index (χ0v) is 10.6. The SMILES string of the molecule is CCC(CC1CC1C(=O)OC)c1ccccc1. The number of methoxy groups -OCH3 is 1. The zero-order chi connectivity index (χ0) is 12.3. The summed E-state index contributed by atoms with van der Waals surface area (Å²) in [6.07, 6.45) is 3.25. The molecule has 0 heterocycles. The van der Waals surface area contributed by atoms with E-state index in [2.05, 4.69) is 31.2 Å². The van der Waals surface area contributed by atoms with Gasteiger partial charge in [0.2, 0.25) is 0 Å². The van der Waals surface area contributed by atoms with Gasteiger partial charge in [-0.1, -0.05) is 37.3 Å². The smallest absolute Gasteiger partial charge is 0.308 e. The third-order valence-electron chi connectivity index (χ3n) is 3.78. The normalized spacial score (nSPS) is 24.1. The van der Waals surface area contributed by atoms with Gasteiger partial charge in [0, 0.05) is 0 Å². The molecule has 1 aromatic rings. The summed E-state index contributed by atoms with van der Waals surface area (Å²) in [5, 5.41) is 0. The van der Waals surface area contributed by atoms with Crippen LogP contribution in [0.5, 0.6) is 0 Å². The molecule has 1 fully saturated rings. The van der Waals surface area contributed by atoms with Gasteiger partial charge in [0.25, 0.3) is 0 Å². The van der Waals surface area contributed by atoms with E-state index >= 15 is 0 Å². The van der Waals surface area contributed by atoms with Gasteiger partial charge in [0.15, 0.2) is 0 Å². The van der Waals surface area contributed by atoms with Gasteiger partial charge in [-0.15, -0.1) is 0 Å². The van der Waals surface area contributed by atoms with Gasteiger partial charge in [-0.25, -0.2) is 0 Å². The molecule has 1 aliphatic carbocycles. The summed E-state index contributed by atoms with van der Waals surface area (Å²) >= 11 is 0. The molecule has 2 heteroatoms. The molecule has 2 rings (SSSR count). The Morgan fingerprint density at radius 2 is 2.12 bits per heavy atom. The molecule has 3 unspecified atom stereocenters. The maximum Gasteiger partial charge on any atom is 0.308 e. The lowest BCUT2D eigenvalue weighted by Crippen LogP contribution is -2.06. The van der Waals surface area contributed by atoms with Gasteiger partial charge < -0.3 is 4.74 Å². The monoisotopic (exact) mass is 232 g/mol. The van der Waals surface area contributed by atoms with Gasteiger partial charge in [-0.2, -0.15) is 0 Å². The fourth-order valence-electron chi connectivity index (χ4n) is 2.58. The third-order valence-corrected chi connectivity index (χ3v) is 3.78. The summed E-state index contributed by atoms with van der Waals surface area (Å²) in [5.74, 6) is 1.25. The largest absolute Gasteiger partial charge is 0.469 e. The summed E-state index contributed by atoms with van der Waals surface area (Å²) < 4.78 is 4.79. The van der Waals surface area contributed by atoms with Crippen molar-refractivity contribution >= 4 is 5.97 Å². The van der Waals surface area contributed by atoms with Crippen molar-refractivity contribution in [1.82, 2.24) is 0 Å². The first-order valence-electron chi connectivity index (χ1n) is 6.39. The molecule has 17 heavy (non-hydrogen) atoms. The van der Waals surface area contributed by atoms with Crippen molar-refractivity contribution in [3.8, 4) is 0 Å². The van der Waals surface area contributed by atoms with Crippen molar-refractivity contribution in [1.29, 1.82) is 0 Å². The van der Waals surface area contributed by atoms with Crippen molar-refractivity contribution in [2.75, 3.05) is 7.11 Å². The van der Waals surface area contributed by atoms with Crippen molar-refractivity contribution in [3.05, 3.63) is 35.9 Å². The second kappa shape index (κ2) is 5.35. The Morgan fingerprint density at radius 3 is 2.71 bits per heavy atom. The summed E-state index contributed by atoms with van der Waals surface area (Å²) in [6, 6.07) is 10.6. The van der Waals surface area contributed by atoms with E-state index in [1.807, 2.05) is 6.07 Å². The standard InChI is InChI=1S/C15H20O2/c1-3-11(12-7-5-4-6-8-12)9-13-10-14(13)15(16)17-2/h4-8,11,13-14H,3,9-10H2,1-2H3. The van der Waals surface area contributed by atoms with Crippen LogP contribution in [0.3, 0.4) is 0 Å². The summed E-state index contributed by atoms with van der Waals surface area (Å²) in [5.41, 5.74) is 1.39. The molecule has 0 spiro atoms. The number of carbonyl (C=O) groups excluding carboxylic acids is 1. The predicted octanol–water partition coefficient (Wildman–Crippen LogP) is 3.38. The topological polar surface area (TPSA) is 26.3 Å². The van der Waals surface area contributed by atoms with Gasteiger partial charge in [-0.3, -0.25) is 4.79 Å². The first-order chi connectivity index (χ1) is 8.26. The second-order valence-corrected chi connectivity index (χ2v) is 4.88. The molecular weight excluding hydrogens is 212 g/mol. The molecule has 0 aliphatic heterocycles. The quantitative estimate of drug-likeness (QED) is 0.727. The van der Waals surface area contributed by atoms with Crippen LogP contribution in [-0.4, -0.2) is 13.1 Å². The average molecular weight is 232 g/mol. The molecule has 0 saturated heterocycles. The number of rotatable bonds is 5. The van der Waals surface area contributed by atoms with E-state index in [1.54, 1.807) is 0 Å². The molecule has 0 bridgehead atoms. The fourth-order valence-corrected chi connectivity index (χ4v) is 2.58. The Kier molecular flexibility index (Phi) is 3.82. The minimum Gasteiger partial charge on any atom is -0.469 e. The van der Waals surface area contributed by atoms with Crippen LogP contribution in [0, 0.1) is 11.8 Å². The Morgan fingerprint density at radius 1 is 1.41 bits per heavy atom. The number of hydrogen-bond donors (Lipinski definition) is 0. The lowest BCUT2D eigenvalue weighted by Gasteiger charge is -2.14. The van der Waals surface area contributed by atoms with E-state index in [1.165, 1.54) is 12.7 Å². The first-order valence-corrected chi connectivity index (χ1v) is 6.39. The van der Waals surface area contributed by atoms with Crippen LogP contribution in [0.4, 0.5) is 0 Å². The molecule has 3 atom stereocenters. The number of esters is 1. The molecule has 2 nitrogen and oxygen atoms in total. The Bertz CT molecular complexity index is 372. The van der Waals surface area contributed by atoms with Crippen molar-refractivity contribution in [2.45, 2.75) is 32.1 Å². The Hall–Kier alpha value is -1.31. The molecular formula is C15H20O2. The lowest BCUT2D eigenvalue weighted by atomic mass is 9.91. The van der Waals surface area contributed by atoms with Gasteiger partial charge >= 0.3 is 5.97 Å². The molecule has 92 valence electrons. The van der Waals surface area contributed by atoms with Crippen LogP contribution >= 0.6 is 0 Å². The summed E-state index contributed by atoms with van der Waals surface area (Å²) in [6.45, 7) is 2.22. The molecule has 1 aliphatic rings. The van der Waals surface area contributed by atoms with Gasteiger partial charge in [0.1, 0.15) is 0 Å². The molecule has 0 aromatic heterocycles. The second-order valence-electron chi connectivity index (χ2n) is 4.88. The van der Waals surface area contributed by atoms with E-state index in [0.29, 0.717) is 11.8 Å². The van der Waals surface area contributed by atoms with Crippen LogP contribution < -0.4 is 0 Å². The first kappa shape index (κ1) is 12.2. The zero-order valence-electron chi connectivity index (χ0n) is 10.6. The van der Waals surface area contributed by atoms with E-state index in [0.717, 1.165) is 19.3 Å². The highest BCUT2D eigenvalue weighted by atomic mass is 16.5. The number of benzene rings is 1. The van der Waals surface area contributed by atoms with Crippen molar-refractivity contribution in [3.63, 3.8) is 0 Å². The van der Waals surface area contributed by atoms with E-state index in [-0.39, 0.29) is 11.9 Å². The third kappa shape index (κ3) is 2.87. The van der Waals surface area contributed by atoms with Crippen molar-refractivity contribution < 1.29 is 9.53 Å². The average Bonchev–Trinajstić information content (AvgIpc) is 3.15. The minimum atomic E-state index is -0.0297. The van der Waals surface area contributed by atoms with Crippen LogP contribution in [0.2, 0.25) is 0 Å². The van der Waals surface area contributed by atoms with Crippen LogP contribution in [0.1, 0.15) is 37.7 Å². The van der Waals surface area contributed by atoms with Gasteiger partial charge in [0.05, 0.1) is 13.0 Å². The maximum atomic E-state index is 11.4. The molecule has 0 amide bonds. The number of hydrogen-bond acceptors (Lipinski definition) is 2. The summed E-state index contributed by atoms with van der Waals surface area (Å²) in [7, 11) is 1.48. The van der Waals surface area contributed by atoms with Crippen molar-refractivity contribution in [2.24, 2.45) is 11.8 Å². The minimum absolute atomic E-state index is 0.0297. The van der Waals surface area contributed by atoms with E-state index in [4.69, 9.17) is 4.74 Å². The highest BCUT2D eigenvalue weighted by Gasteiger charge is 2.44. The Labute approximate surface area is 103 Å². The molecule has 1 aromatic carbocycles. The van der Waals surface area contributed by atoms with E-state index in [9.17, 15) is 4.79 Å². The highest BCUT2D eigenvalue weighted by molar-refractivity contribution is 5.75. The maximum absolute atomic E-state index is 11.4. The molecule has 0 radical (unpaired) electrons. The molecule has 0 N–H and O–H groups in total. The van der Waals surface area contributed by atoms with Crippen LogP contribution in [-0.2, 0) is 9.53 Å². The fraction of sp³-hybridized carbons (Fsp3) is 0.533. The van der Waals surface area contributed by atoms with Gasteiger partial charge in [-0.05, 0) is 36.7 Å². The number of carbonyl (C=O) groups is 1. The summed E-state index contributed by atoms with van der Waals surface area (Å²) in [4.78, 5) is 11.4. The number of ether oxygens (including phenoxy) is 1. The van der Waals surface area contributed by atoms with Crippen LogP contribution in [0.25, 0.3) is 0 Å². The predicted molar refractivity (Wildman–Crippen MR) is 67.7 cm³/mol. The van der Waals surface area contributed by atoms with E-state index < -0.39 is 0 Å².